The van der Waals surface area contributed by atoms with E-state index in [0.717, 1.165) is 36.3 Å². The molecule has 0 saturated carbocycles. The first-order valence-corrected chi connectivity index (χ1v) is 6.79. The number of aryl methyl sites for hydroxylation is 1. The molecule has 1 aliphatic heterocycles. The van der Waals surface area contributed by atoms with E-state index in [4.69, 9.17) is 0 Å². The average molecular weight is 337 g/mol. The number of rotatable bonds is 2. The maximum absolute atomic E-state index is 12.4. The van der Waals surface area contributed by atoms with Gasteiger partial charge in [-0.25, -0.2) is 0 Å². The van der Waals surface area contributed by atoms with E-state index in [2.05, 4.69) is 28.2 Å². The van der Waals surface area contributed by atoms with Gasteiger partial charge in [-0.1, -0.05) is 0 Å². The van der Waals surface area contributed by atoms with Crippen molar-refractivity contribution in [2.24, 2.45) is 0 Å². The minimum Gasteiger partial charge on any atom is -0.343 e. The molecule has 2 rings (SSSR count). The van der Waals surface area contributed by atoms with E-state index in [-0.39, 0.29) is 18.3 Å². The van der Waals surface area contributed by atoms with Gasteiger partial charge in [0, 0.05) is 42.9 Å². The number of hydrogen-bond donors (Lipinski definition) is 1. The van der Waals surface area contributed by atoms with Gasteiger partial charge in [0.25, 0.3) is 5.91 Å². The molecule has 0 aromatic carbocycles. The van der Waals surface area contributed by atoms with Crippen LogP contribution >= 0.6 is 28.3 Å². The van der Waals surface area contributed by atoms with Crippen LogP contribution in [-0.2, 0) is 6.54 Å². The third-order valence-electron chi connectivity index (χ3n) is 3.08. The van der Waals surface area contributed by atoms with E-state index in [0.29, 0.717) is 6.04 Å². The summed E-state index contributed by atoms with van der Waals surface area (Å²) < 4.78 is 2.95. The van der Waals surface area contributed by atoms with Crippen LogP contribution in [-0.4, -0.2) is 41.1 Å². The van der Waals surface area contributed by atoms with Gasteiger partial charge in [0.1, 0.15) is 5.69 Å². The lowest BCUT2D eigenvalue weighted by Crippen LogP contribution is -2.51. The number of halogens is 2. The molecule has 0 unspecified atom stereocenters. The van der Waals surface area contributed by atoms with Gasteiger partial charge in [-0.3, -0.25) is 4.79 Å². The van der Waals surface area contributed by atoms with Gasteiger partial charge in [-0.2, -0.15) is 0 Å². The lowest BCUT2D eigenvalue weighted by molar-refractivity contribution is 0.0698. The summed E-state index contributed by atoms with van der Waals surface area (Å²) in [6, 6.07) is 2.28. The fraction of sp³-hybridized carbons (Fsp3) is 0.583. The van der Waals surface area contributed by atoms with E-state index < -0.39 is 0 Å². The number of aromatic nitrogens is 1. The zero-order chi connectivity index (χ0) is 12.4. The van der Waals surface area contributed by atoms with Gasteiger partial charge in [0.05, 0.1) is 0 Å². The number of piperazine rings is 1. The zero-order valence-corrected chi connectivity index (χ0v) is 13.1. The summed E-state index contributed by atoms with van der Waals surface area (Å²) >= 11 is 3.42. The lowest BCUT2D eigenvalue weighted by atomic mass is 10.2. The van der Waals surface area contributed by atoms with E-state index in [1.807, 2.05) is 28.7 Å². The summed E-state index contributed by atoms with van der Waals surface area (Å²) in [4.78, 5) is 14.3. The Kier molecular flexibility index (Phi) is 5.69. The molecule has 0 aliphatic carbocycles. The molecule has 18 heavy (non-hydrogen) atoms. The largest absolute Gasteiger partial charge is 0.343 e. The first-order valence-electron chi connectivity index (χ1n) is 6.00. The normalized spacial score (nSPS) is 19.5. The number of amides is 1. The molecule has 6 heteroatoms. The van der Waals surface area contributed by atoms with Crippen LogP contribution in [0.15, 0.2) is 16.7 Å². The van der Waals surface area contributed by atoms with Crippen LogP contribution in [0.2, 0.25) is 0 Å². The van der Waals surface area contributed by atoms with Crippen LogP contribution in [0, 0.1) is 0 Å². The number of carbonyl (C=O) groups is 1. The van der Waals surface area contributed by atoms with Crippen molar-refractivity contribution in [3.8, 4) is 0 Å². The predicted octanol–water partition coefficient (Wildman–Crippen LogP) is 2.13. The Morgan fingerprint density at radius 3 is 2.94 bits per heavy atom. The van der Waals surface area contributed by atoms with E-state index in [1.54, 1.807) is 0 Å². The molecule has 1 amide bonds. The topological polar surface area (TPSA) is 37.3 Å². The maximum Gasteiger partial charge on any atom is 0.270 e. The summed E-state index contributed by atoms with van der Waals surface area (Å²) in [6.07, 6.45) is 1.96. The molecular weight excluding hydrogens is 318 g/mol. The Balaban J connectivity index is 0.00000162. The summed E-state index contributed by atoms with van der Waals surface area (Å²) in [5.41, 5.74) is 0.772. The summed E-state index contributed by atoms with van der Waals surface area (Å²) in [7, 11) is 0. The molecule has 1 saturated heterocycles. The van der Waals surface area contributed by atoms with Crippen LogP contribution in [0.4, 0.5) is 0 Å². The van der Waals surface area contributed by atoms with Crippen molar-refractivity contribution in [3.05, 3.63) is 22.4 Å². The Bertz CT molecular complexity index is 421. The van der Waals surface area contributed by atoms with Crippen LogP contribution in [0.1, 0.15) is 24.3 Å². The second-order valence-corrected chi connectivity index (χ2v) is 5.35. The highest BCUT2D eigenvalue weighted by Gasteiger charge is 2.23. The van der Waals surface area contributed by atoms with E-state index in [9.17, 15) is 4.79 Å². The zero-order valence-electron chi connectivity index (χ0n) is 10.6. The van der Waals surface area contributed by atoms with Gasteiger partial charge in [0.2, 0.25) is 0 Å². The van der Waals surface area contributed by atoms with Gasteiger partial charge >= 0.3 is 0 Å². The number of nitrogens with one attached hydrogen (secondary N) is 1. The number of nitrogens with zero attached hydrogens (tertiary/aromatic N) is 2. The second-order valence-electron chi connectivity index (χ2n) is 4.44. The van der Waals surface area contributed by atoms with Crippen molar-refractivity contribution >= 4 is 34.2 Å². The Hall–Kier alpha value is -0.520. The smallest absolute Gasteiger partial charge is 0.270 e. The fourth-order valence-electron chi connectivity index (χ4n) is 2.19. The first-order chi connectivity index (χ1) is 8.11. The van der Waals surface area contributed by atoms with Crippen LogP contribution in [0.3, 0.4) is 0 Å². The van der Waals surface area contributed by atoms with E-state index >= 15 is 0 Å². The maximum atomic E-state index is 12.4. The van der Waals surface area contributed by atoms with Gasteiger partial charge in [-0.05, 0) is 35.8 Å². The molecule has 1 aromatic heterocycles. The monoisotopic (exact) mass is 335 g/mol. The molecule has 1 aliphatic rings. The molecule has 1 N–H and O–H groups in total. The Labute approximate surface area is 122 Å². The SMILES string of the molecule is CCn1cc(Br)cc1C(=O)N1CCN[C@@H](C)C1.Cl. The predicted molar refractivity (Wildman–Crippen MR) is 78.4 cm³/mol. The molecule has 0 spiro atoms. The van der Waals surface area contributed by atoms with Crippen molar-refractivity contribution in [3.63, 3.8) is 0 Å². The van der Waals surface area contributed by atoms with Crippen molar-refractivity contribution < 1.29 is 4.79 Å². The second kappa shape index (κ2) is 6.59. The molecule has 1 aromatic rings. The third kappa shape index (κ3) is 3.28. The highest BCUT2D eigenvalue weighted by atomic mass is 79.9. The molecule has 1 fully saturated rings. The van der Waals surface area contributed by atoms with Crippen LogP contribution in [0.25, 0.3) is 0 Å². The molecule has 4 nitrogen and oxygen atoms in total. The molecule has 2 heterocycles. The fourth-order valence-corrected chi connectivity index (χ4v) is 2.66. The quantitative estimate of drug-likeness (QED) is 0.898. The average Bonchev–Trinajstić information content (AvgIpc) is 2.69. The molecule has 102 valence electrons. The highest BCUT2D eigenvalue weighted by molar-refractivity contribution is 9.10. The minimum atomic E-state index is 0. The first kappa shape index (κ1) is 15.5. The standard InChI is InChI=1S/C12H18BrN3O.ClH/c1-3-15-8-10(13)6-11(15)12(17)16-5-4-14-9(2)7-16;/h6,8-9,14H,3-5,7H2,1-2H3;1H/t9-;/m0./s1. The molecule has 0 radical (unpaired) electrons. The number of carbonyl (C=O) groups excluding carboxylic acids is 1. The summed E-state index contributed by atoms with van der Waals surface area (Å²) in [5.74, 6) is 0.130. The Morgan fingerprint density at radius 1 is 1.61 bits per heavy atom. The van der Waals surface area contributed by atoms with Gasteiger partial charge in [0.15, 0.2) is 0 Å². The molecule has 1 atom stereocenters. The van der Waals surface area contributed by atoms with Crippen LogP contribution < -0.4 is 5.32 Å². The van der Waals surface area contributed by atoms with Gasteiger partial charge < -0.3 is 14.8 Å². The third-order valence-corrected chi connectivity index (χ3v) is 3.51. The highest BCUT2D eigenvalue weighted by Crippen LogP contribution is 2.17. The summed E-state index contributed by atoms with van der Waals surface area (Å²) in [5, 5.41) is 3.34. The minimum absolute atomic E-state index is 0. The summed E-state index contributed by atoms with van der Waals surface area (Å²) in [6.45, 7) is 7.41. The molecular formula is C12H19BrClN3O. The van der Waals surface area contributed by atoms with Crippen molar-refractivity contribution in [2.75, 3.05) is 19.6 Å². The lowest BCUT2D eigenvalue weighted by Gasteiger charge is -2.32. The van der Waals surface area contributed by atoms with Crippen molar-refractivity contribution in [2.45, 2.75) is 26.4 Å². The van der Waals surface area contributed by atoms with Crippen LogP contribution in [0.5, 0.6) is 0 Å². The van der Waals surface area contributed by atoms with Crippen molar-refractivity contribution in [1.82, 2.24) is 14.8 Å². The van der Waals surface area contributed by atoms with E-state index in [1.165, 1.54) is 0 Å². The Morgan fingerprint density at radius 2 is 2.33 bits per heavy atom. The van der Waals surface area contributed by atoms with Gasteiger partial charge in [-0.15, -0.1) is 12.4 Å². The number of hydrogen-bond acceptors (Lipinski definition) is 2. The van der Waals surface area contributed by atoms with Crippen molar-refractivity contribution in [1.29, 1.82) is 0 Å². The molecule has 0 bridgehead atoms.